The molecule has 0 fully saturated rings. The van der Waals surface area contributed by atoms with E-state index in [-0.39, 0.29) is 0 Å². The van der Waals surface area contributed by atoms with Crippen molar-refractivity contribution in [2.24, 2.45) is 0 Å². The highest BCUT2D eigenvalue weighted by atomic mass is 29.3. The van der Waals surface area contributed by atoms with E-state index in [4.69, 9.17) is 0 Å². The van der Waals surface area contributed by atoms with Crippen molar-refractivity contribution in [3.63, 3.8) is 0 Å². The maximum Gasteiger partial charge on any atom is 0.0791 e. The molecule has 0 atom stereocenters. The first-order chi connectivity index (χ1) is 10.7. The first-order valence-corrected chi connectivity index (χ1v) is 15.2. The Kier molecular flexibility index (Phi) is 5.02. The van der Waals surface area contributed by atoms with Crippen LogP contribution in [0.1, 0.15) is 5.56 Å². The summed E-state index contributed by atoms with van der Waals surface area (Å²) in [6.07, 6.45) is 0. The van der Waals surface area contributed by atoms with Crippen molar-refractivity contribution < 1.29 is 0 Å². The summed E-state index contributed by atoms with van der Waals surface area (Å²) in [7, 11) is 0.966. The smallest absolute Gasteiger partial charge is 0.0791 e. The number of benzene rings is 2. The van der Waals surface area contributed by atoms with E-state index in [1.54, 1.807) is 5.19 Å². The molecule has 0 aliphatic heterocycles. The van der Waals surface area contributed by atoms with E-state index in [1.165, 1.54) is 16.4 Å². The SMILES string of the molecule is C=C(c1ccc(N(C)C)cc1)[Si](C)(C)[Si](C)(C)c1ccccc1. The molecule has 0 amide bonds. The van der Waals surface area contributed by atoms with Crippen molar-refractivity contribution >= 4 is 31.3 Å². The zero-order valence-electron chi connectivity index (χ0n) is 15.4. The summed E-state index contributed by atoms with van der Waals surface area (Å²) in [5.74, 6) is 0. The second kappa shape index (κ2) is 6.50. The second-order valence-electron chi connectivity index (χ2n) is 7.54. The third-order valence-electron chi connectivity index (χ3n) is 5.54. The van der Waals surface area contributed by atoms with Gasteiger partial charge in [-0.3, -0.25) is 0 Å². The maximum atomic E-state index is 4.55. The van der Waals surface area contributed by atoms with Gasteiger partial charge in [-0.05, 0) is 17.7 Å². The van der Waals surface area contributed by atoms with Gasteiger partial charge in [0, 0.05) is 19.8 Å². The van der Waals surface area contributed by atoms with Gasteiger partial charge in [0.1, 0.15) is 0 Å². The van der Waals surface area contributed by atoms with Gasteiger partial charge in [-0.2, -0.15) is 0 Å². The molecule has 0 bridgehead atoms. The van der Waals surface area contributed by atoms with Crippen molar-refractivity contribution in [2.75, 3.05) is 19.0 Å². The van der Waals surface area contributed by atoms with Crippen molar-refractivity contribution in [3.8, 4) is 0 Å². The molecule has 0 unspecified atom stereocenters. The van der Waals surface area contributed by atoms with Crippen LogP contribution in [-0.4, -0.2) is 29.3 Å². The molecule has 122 valence electrons. The topological polar surface area (TPSA) is 3.24 Å². The van der Waals surface area contributed by atoms with Crippen LogP contribution in [0.5, 0.6) is 0 Å². The summed E-state index contributed by atoms with van der Waals surface area (Å²) >= 11 is 0. The van der Waals surface area contributed by atoms with Gasteiger partial charge in [0.15, 0.2) is 0 Å². The molecule has 3 heteroatoms. The lowest BCUT2D eigenvalue weighted by atomic mass is 10.2. The van der Waals surface area contributed by atoms with E-state index in [0.717, 1.165) is 0 Å². The molecule has 23 heavy (non-hydrogen) atoms. The Bertz CT molecular complexity index is 671. The lowest BCUT2D eigenvalue weighted by Crippen LogP contribution is -2.63. The van der Waals surface area contributed by atoms with Gasteiger partial charge in [0.2, 0.25) is 0 Å². The van der Waals surface area contributed by atoms with E-state index in [2.05, 4.69) is 106 Å². The second-order valence-corrected chi connectivity index (χ2v) is 22.7. The van der Waals surface area contributed by atoms with Crippen molar-refractivity contribution in [3.05, 3.63) is 66.7 Å². The van der Waals surface area contributed by atoms with Crippen LogP contribution in [0.2, 0.25) is 26.2 Å². The average molecular weight is 340 g/mol. The third kappa shape index (κ3) is 3.36. The van der Waals surface area contributed by atoms with Gasteiger partial charge >= 0.3 is 0 Å². The standard InChI is InChI=1S/C20H29NSi2/c1-17(18-13-15-19(16-14-18)21(2)3)22(4,5)23(6,7)20-11-9-8-10-12-20/h8-16H,1H2,2-7H3. The number of rotatable bonds is 5. The summed E-state index contributed by atoms with van der Waals surface area (Å²) in [6, 6.07) is 19.9. The highest BCUT2D eigenvalue weighted by Crippen LogP contribution is 2.32. The van der Waals surface area contributed by atoms with E-state index in [0.29, 0.717) is 0 Å². The largest absolute Gasteiger partial charge is 0.378 e. The molecule has 2 rings (SSSR count). The van der Waals surface area contributed by atoms with Crippen LogP contribution >= 0.6 is 0 Å². The summed E-state index contributed by atoms with van der Waals surface area (Å²) in [5.41, 5.74) is 2.55. The Morgan fingerprint density at radius 3 is 1.83 bits per heavy atom. The predicted molar refractivity (Wildman–Crippen MR) is 111 cm³/mol. The molecular formula is C20H29NSi2. The summed E-state index contributed by atoms with van der Waals surface area (Å²) in [5, 5.41) is 2.92. The fourth-order valence-electron chi connectivity index (χ4n) is 2.91. The molecule has 2 aromatic carbocycles. The van der Waals surface area contributed by atoms with Crippen molar-refractivity contribution in [2.45, 2.75) is 26.2 Å². The predicted octanol–water partition coefficient (Wildman–Crippen LogP) is 4.71. The first-order valence-electron chi connectivity index (χ1n) is 8.20. The monoisotopic (exact) mass is 339 g/mol. The summed E-state index contributed by atoms with van der Waals surface area (Å²) in [4.78, 5) is 2.14. The molecule has 0 heterocycles. The summed E-state index contributed by atoms with van der Waals surface area (Å²) < 4.78 is 0. The third-order valence-corrected chi connectivity index (χ3v) is 23.4. The molecule has 0 aromatic heterocycles. The molecule has 0 aliphatic carbocycles. The van der Waals surface area contributed by atoms with Crippen LogP contribution in [0, 0.1) is 0 Å². The van der Waals surface area contributed by atoms with Crippen LogP contribution in [-0.2, 0) is 0 Å². The van der Waals surface area contributed by atoms with Gasteiger partial charge in [0.25, 0.3) is 0 Å². The van der Waals surface area contributed by atoms with E-state index < -0.39 is 15.2 Å². The van der Waals surface area contributed by atoms with Gasteiger partial charge in [-0.25, -0.2) is 0 Å². The molecule has 0 spiro atoms. The van der Waals surface area contributed by atoms with Crippen LogP contribution in [0.15, 0.2) is 61.2 Å². The molecule has 1 nitrogen and oxygen atoms in total. The Morgan fingerprint density at radius 1 is 0.826 bits per heavy atom. The van der Waals surface area contributed by atoms with Crippen LogP contribution in [0.25, 0.3) is 5.20 Å². The van der Waals surface area contributed by atoms with E-state index >= 15 is 0 Å². The minimum Gasteiger partial charge on any atom is -0.378 e. The highest BCUT2D eigenvalue weighted by molar-refractivity contribution is 7.51. The average Bonchev–Trinajstić information content (AvgIpc) is 2.54. The molecule has 0 saturated heterocycles. The summed E-state index contributed by atoms with van der Waals surface area (Å²) in [6.45, 7) is 14.6. The zero-order valence-corrected chi connectivity index (χ0v) is 17.4. The first kappa shape index (κ1) is 17.8. The lowest BCUT2D eigenvalue weighted by Gasteiger charge is -2.40. The minimum absolute atomic E-state index is 1.24. The van der Waals surface area contributed by atoms with Crippen molar-refractivity contribution in [1.29, 1.82) is 0 Å². The number of hydrogen-bond acceptors (Lipinski definition) is 1. The van der Waals surface area contributed by atoms with Crippen molar-refractivity contribution in [1.82, 2.24) is 0 Å². The number of hydrogen-bond donors (Lipinski definition) is 0. The Labute approximate surface area is 143 Å². The highest BCUT2D eigenvalue weighted by Gasteiger charge is 2.44. The zero-order chi connectivity index (χ0) is 17.3. The molecule has 0 radical (unpaired) electrons. The quantitative estimate of drug-likeness (QED) is 0.713. The van der Waals surface area contributed by atoms with Gasteiger partial charge in [0.05, 0.1) is 15.2 Å². The maximum absolute atomic E-state index is 4.55. The van der Waals surface area contributed by atoms with Crippen LogP contribution in [0.3, 0.4) is 0 Å². The Hall–Kier alpha value is -1.59. The van der Waals surface area contributed by atoms with Crippen LogP contribution in [0.4, 0.5) is 5.69 Å². The molecule has 0 saturated carbocycles. The number of anilines is 1. The minimum atomic E-state index is -1.63. The van der Waals surface area contributed by atoms with Crippen LogP contribution < -0.4 is 10.1 Å². The fraction of sp³-hybridized carbons (Fsp3) is 0.300. The van der Waals surface area contributed by atoms with Gasteiger partial charge < -0.3 is 4.90 Å². The molecule has 0 N–H and O–H groups in total. The van der Waals surface area contributed by atoms with Gasteiger partial charge in [-0.1, -0.05) is 85.6 Å². The Balaban J connectivity index is 2.36. The van der Waals surface area contributed by atoms with E-state index in [1.807, 2.05) is 0 Å². The fourth-order valence-corrected chi connectivity index (χ4v) is 11.7. The van der Waals surface area contributed by atoms with E-state index in [9.17, 15) is 0 Å². The Morgan fingerprint density at radius 2 is 1.35 bits per heavy atom. The molecule has 0 aliphatic rings. The molecular weight excluding hydrogens is 310 g/mol. The van der Waals surface area contributed by atoms with Gasteiger partial charge in [-0.15, -0.1) is 0 Å². The number of nitrogens with zero attached hydrogens (tertiary/aromatic N) is 1. The normalized spacial score (nSPS) is 12.1. The lowest BCUT2D eigenvalue weighted by molar-refractivity contribution is 1.13. The molecule has 2 aromatic rings.